The van der Waals surface area contributed by atoms with E-state index in [1.807, 2.05) is 27.7 Å². The van der Waals surface area contributed by atoms with Crippen molar-refractivity contribution in [2.45, 2.75) is 53.2 Å². The number of phenolic OH excluding ortho intramolecular Hbond substituents is 1. The van der Waals surface area contributed by atoms with Crippen molar-refractivity contribution in [2.75, 3.05) is 69.7 Å². The molecule has 0 atom stereocenters. The molecule has 41 heavy (non-hydrogen) atoms. The topological polar surface area (TPSA) is 127 Å². The largest absolute Gasteiger partial charge is 0.508 e. The number of carbonyl (C=O) groups is 1. The first-order valence-electron chi connectivity index (χ1n) is 14.5. The molecular formula is C30H46N6O5. The minimum atomic E-state index is 0.0139. The van der Waals surface area contributed by atoms with E-state index in [2.05, 4.69) is 26.3 Å². The molecule has 3 N–H and O–H groups in total. The fourth-order valence-corrected chi connectivity index (χ4v) is 4.75. The van der Waals surface area contributed by atoms with Gasteiger partial charge in [0, 0.05) is 50.9 Å². The molecule has 226 valence electrons. The number of aromatic hydroxyl groups is 1. The fourth-order valence-electron chi connectivity index (χ4n) is 4.75. The third-order valence-corrected chi connectivity index (χ3v) is 6.93. The molecule has 0 aliphatic carbocycles. The van der Waals surface area contributed by atoms with Gasteiger partial charge in [-0.05, 0) is 58.7 Å². The van der Waals surface area contributed by atoms with Crippen LogP contribution in [0.4, 0.5) is 11.5 Å². The van der Waals surface area contributed by atoms with Crippen LogP contribution in [0.15, 0.2) is 30.9 Å². The maximum Gasteiger partial charge on any atom is 0.318 e. The van der Waals surface area contributed by atoms with Gasteiger partial charge in [0.15, 0.2) is 0 Å². The average Bonchev–Trinajstić information content (AvgIpc) is 2.97. The van der Waals surface area contributed by atoms with E-state index in [9.17, 15) is 9.90 Å². The normalized spacial score (nSPS) is 15.0. The summed E-state index contributed by atoms with van der Waals surface area (Å²) in [5.41, 5.74) is 8.89. The molecule has 0 bridgehead atoms. The van der Waals surface area contributed by atoms with Gasteiger partial charge in [0.1, 0.15) is 17.3 Å². The number of fused-ring (bicyclic) bond motifs is 1. The zero-order valence-electron chi connectivity index (χ0n) is 25.0. The van der Waals surface area contributed by atoms with Crippen LogP contribution in [0.3, 0.4) is 0 Å². The Kier molecular flexibility index (Phi) is 12.5. The van der Waals surface area contributed by atoms with E-state index in [1.165, 1.54) is 6.08 Å². The molecule has 0 radical (unpaired) electrons. The summed E-state index contributed by atoms with van der Waals surface area (Å²) in [5, 5.41) is 10.0. The van der Waals surface area contributed by atoms with Crippen molar-refractivity contribution in [3.63, 3.8) is 0 Å². The average molecular weight is 571 g/mol. The number of benzene rings is 1. The number of likely N-dealkylation sites (N-methyl/N-ethyl adjacent to an activating group) is 1. The molecular weight excluding hydrogens is 524 g/mol. The summed E-state index contributed by atoms with van der Waals surface area (Å²) in [5.74, 6) is 1.43. The Morgan fingerprint density at radius 1 is 1.22 bits per heavy atom. The minimum absolute atomic E-state index is 0.0139. The number of nitrogens with zero attached hydrogens (tertiary/aromatic N) is 5. The highest BCUT2D eigenvalue weighted by molar-refractivity contribution is 5.86. The molecule has 4 rings (SSSR count). The molecule has 1 amide bonds. The predicted octanol–water partition coefficient (Wildman–Crippen LogP) is 3.26. The molecule has 3 heterocycles. The van der Waals surface area contributed by atoms with Crippen LogP contribution in [0.25, 0.3) is 0 Å². The molecule has 0 saturated carbocycles. The van der Waals surface area contributed by atoms with Crippen LogP contribution < -0.4 is 20.1 Å². The number of ether oxygens (including phenoxy) is 3. The van der Waals surface area contributed by atoms with E-state index >= 15 is 0 Å². The van der Waals surface area contributed by atoms with E-state index in [0.29, 0.717) is 25.0 Å². The molecule has 2 aliphatic heterocycles. The second kappa shape index (κ2) is 16.0. The number of anilines is 2. The lowest BCUT2D eigenvalue weighted by Crippen LogP contribution is -2.37. The van der Waals surface area contributed by atoms with Gasteiger partial charge in [-0.15, -0.1) is 0 Å². The first kappa shape index (κ1) is 32.0. The van der Waals surface area contributed by atoms with Crippen molar-refractivity contribution in [1.29, 1.82) is 0 Å². The summed E-state index contributed by atoms with van der Waals surface area (Å²) in [4.78, 5) is 26.0. The molecule has 1 saturated heterocycles. The Labute approximate surface area is 243 Å². The predicted molar refractivity (Wildman–Crippen MR) is 161 cm³/mol. The van der Waals surface area contributed by atoms with Gasteiger partial charge in [0.25, 0.3) is 0 Å². The minimum Gasteiger partial charge on any atom is -0.508 e. The Morgan fingerprint density at radius 3 is 2.59 bits per heavy atom. The van der Waals surface area contributed by atoms with Gasteiger partial charge in [-0.3, -0.25) is 9.69 Å². The Balaban J connectivity index is 0.000000445. The van der Waals surface area contributed by atoms with Gasteiger partial charge in [0.2, 0.25) is 5.91 Å². The summed E-state index contributed by atoms with van der Waals surface area (Å²) in [7, 11) is 0. The van der Waals surface area contributed by atoms with Gasteiger partial charge < -0.3 is 34.9 Å². The van der Waals surface area contributed by atoms with Crippen LogP contribution in [-0.2, 0) is 22.5 Å². The maximum absolute atomic E-state index is 10.8. The van der Waals surface area contributed by atoms with Crippen LogP contribution >= 0.6 is 0 Å². The number of carbonyl (C=O) groups excluding carboxylic acids is 1. The Bertz CT molecular complexity index is 1130. The first-order valence-corrected chi connectivity index (χ1v) is 14.5. The molecule has 1 fully saturated rings. The molecule has 2 aliphatic rings. The van der Waals surface area contributed by atoms with Crippen molar-refractivity contribution in [1.82, 2.24) is 19.8 Å². The van der Waals surface area contributed by atoms with Gasteiger partial charge in [-0.2, -0.15) is 9.97 Å². The van der Waals surface area contributed by atoms with Crippen LogP contribution in [0.1, 0.15) is 45.4 Å². The fraction of sp³-hybridized carbons (Fsp3) is 0.567. The maximum atomic E-state index is 10.8. The van der Waals surface area contributed by atoms with Crippen molar-refractivity contribution in [3.05, 3.63) is 42.1 Å². The number of amides is 1. The zero-order valence-corrected chi connectivity index (χ0v) is 25.0. The van der Waals surface area contributed by atoms with Crippen molar-refractivity contribution in [2.24, 2.45) is 0 Å². The van der Waals surface area contributed by atoms with E-state index < -0.39 is 0 Å². The number of nitrogens with two attached hydrogens (primary N) is 1. The van der Waals surface area contributed by atoms with E-state index in [1.54, 1.807) is 23.1 Å². The number of morpholine rings is 1. The molecule has 0 unspecified atom stereocenters. The second-order valence-corrected chi connectivity index (χ2v) is 10.2. The Morgan fingerprint density at radius 2 is 1.95 bits per heavy atom. The SMILES string of the molecule is C=CC(=O)N(CC)CC.CC(C)Oc1ccc(O)cc1N1CCc2c(N)nc(OCCCN3CCOCC3)nc2C1. The summed E-state index contributed by atoms with van der Waals surface area (Å²) in [6.07, 6.45) is 2.99. The third kappa shape index (κ3) is 9.50. The van der Waals surface area contributed by atoms with Crippen LogP contribution in [0.2, 0.25) is 0 Å². The number of hydrogen-bond donors (Lipinski definition) is 2. The van der Waals surface area contributed by atoms with Gasteiger partial charge in [0.05, 0.1) is 43.9 Å². The monoisotopic (exact) mass is 570 g/mol. The van der Waals surface area contributed by atoms with Gasteiger partial charge >= 0.3 is 6.01 Å². The second-order valence-electron chi connectivity index (χ2n) is 10.2. The van der Waals surface area contributed by atoms with E-state index in [0.717, 1.165) is 88.0 Å². The van der Waals surface area contributed by atoms with Crippen LogP contribution in [0, 0.1) is 0 Å². The lowest BCUT2D eigenvalue weighted by atomic mass is 10.0. The number of aromatic nitrogens is 2. The Hall–Kier alpha value is -3.57. The quantitative estimate of drug-likeness (QED) is 0.307. The summed E-state index contributed by atoms with van der Waals surface area (Å²) in [6, 6.07) is 5.50. The lowest BCUT2D eigenvalue weighted by molar-refractivity contribution is -0.125. The summed E-state index contributed by atoms with van der Waals surface area (Å²) in [6.45, 7) is 19.1. The molecule has 2 aromatic rings. The molecule has 11 nitrogen and oxygen atoms in total. The first-order chi connectivity index (χ1) is 19.7. The summed E-state index contributed by atoms with van der Waals surface area (Å²) < 4.78 is 17.2. The molecule has 11 heteroatoms. The van der Waals surface area contributed by atoms with Gasteiger partial charge in [-0.25, -0.2) is 0 Å². The molecule has 0 spiro atoms. The zero-order chi connectivity index (χ0) is 29.8. The molecule has 1 aromatic carbocycles. The number of nitrogen functional groups attached to an aromatic ring is 1. The lowest BCUT2D eigenvalue weighted by Gasteiger charge is -2.32. The van der Waals surface area contributed by atoms with Crippen molar-refractivity contribution < 1.29 is 24.1 Å². The standard InChI is InChI=1S/C23H33N5O4.C7H13NO/c1-16(2)32-21-5-4-17(29)14-20(21)28-8-6-18-19(15-28)25-23(26-22(18)24)31-11-3-7-27-9-12-30-13-10-27;1-4-7(9)8(5-2)6-3/h4-5,14,16,29H,3,6-13,15H2,1-2H3,(H2,24,25,26);4H,1,5-6H2,2-3H3. The smallest absolute Gasteiger partial charge is 0.318 e. The van der Waals surface area contributed by atoms with Crippen molar-refractivity contribution in [3.8, 4) is 17.5 Å². The van der Waals surface area contributed by atoms with Crippen LogP contribution in [0.5, 0.6) is 17.5 Å². The highest BCUT2D eigenvalue weighted by Gasteiger charge is 2.24. The number of phenols is 1. The number of rotatable bonds is 11. The van der Waals surface area contributed by atoms with E-state index in [4.69, 9.17) is 19.9 Å². The van der Waals surface area contributed by atoms with E-state index in [-0.39, 0.29) is 17.8 Å². The molecule has 1 aromatic heterocycles. The van der Waals surface area contributed by atoms with Crippen molar-refractivity contribution >= 4 is 17.4 Å². The number of hydrogen-bond acceptors (Lipinski definition) is 10. The summed E-state index contributed by atoms with van der Waals surface area (Å²) >= 11 is 0. The highest BCUT2D eigenvalue weighted by Crippen LogP contribution is 2.36. The van der Waals surface area contributed by atoms with Gasteiger partial charge in [-0.1, -0.05) is 6.58 Å². The highest BCUT2D eigenvalue weighted by atomic mass is 16.5. The third-order valence-electron chi connectivity index (χ3n) is 6.93. The van der Waals surface area contributed by atoms with Crippen LogP contribution in [-0.4, -0.2) is 96.0 Å².